The Morgan fingerprint density at radius 3 is 2.53 bits per heavy atom. The summed E-state index contributed by atoms with van der Waals surface area (Å²) in [6.07, 6.45) is -0.123. The van der Waals surface area contributed by atoms with E-state index >= 15 is 0 Å². The molecule has 1 aromatic rings. The van der Waals surface area contributed by atoms with Crippen molar-refractivity contribution in [1.82, 2.24) is 0 Å². The Kier molecular flexibility index (Phi) is 4.98. The van der Waals surface area contributed by atoms with Gasteiger partial charge in [-0.2, -0.15) is 0 Å². The van der Waals surface area contributed by atoms with E-state index in [1.54, 1.807) is 16.2 Å². The van der Waals surface area contributed by atoms with Gasteiger partial charge in [-0.15, -0.1) is 0 Å². The first-order valence-corrected chi connectivity index (χ1v) is 6.03. The number of Topliss-reactive ketones (excluding diaryl/α,β-unsaturated/α-hetero) is 1. The third-order valence-corrected chi connectivity index (χ3v) is 2.83. The molecule has 0 spiro atoms. The van der Waals surface area contributed by atoms with Gasteiger partial charge in [-0.1, -0.05) is 59.8 Å². The minimum Gasteiger partial charge on any atom is -0.388 e. The Bertz CT molecular complexity index is 357. The molecule has 0 aliphatic heterocycles. The summed E-state index contributed by atoms with van der Waals surface area (Å²) in [4.78, 5) is 11.9. The molecule has 0 bridgehead atoms. The van der Waals surface area contributed by atoms with E-state index in [0.29, 0.717) is 17.6 Å². The largest absolute Gasteiger partial charge is 0.388 e. The van der Waals surface area contributed by atoms with Gasteiger partial charge in [0.25, 0.3) is 0 Å². The van der Waals surface area contributed by atoms with Gasteiger partial charge in [0.05, 0.1) is 6.10 Å². The molecular formula is C12H13IO2. The molecule has 1 N–H and O–H groups in total. The molecule has 80 valence electrons. The molecule has 0 aliphatic carbocycles. The number of carbonyl (C=O) groups is 1. The zero-order valence-electron chi connectivity index (χ0n) is 8.48. The third kappa shape index (κ3) is 3.14. The van der Waals surface area contributed by atoms with E-state index in [0.717, 1.165) is 0 Å². The van der Waals surface area contributed by atoms with E-state index in [9.17, 15) is 9.90 Å². The van der Waals surface area contributed by atoms with E-state index in [2.05, 4.69) is 0 Å². The number of hydrogen-bond donors (Lipinski definition) is 1. The number of halogens is 1. The van der Waals surface area contributed by atoms with Gasteiger partial charge in [0.1, 0.15) is 0 Å². The van der Waals surface area contributed by atoms with Crippen LogP contribution in [-0.4, -0.2) is 17.0 Å². The smallest absolute Gasteiger partial charge is 0.192 e. The highest BCUT2D eigenvalue weighted by Gasteiger charge is 2.17. The topological polar surface area (TPSA) is 37.3 Å². The molecule has 0 unspecified atom stereocenters. The third-order valence-electron chi connectivity index (χ3n) is 2.16. The minimum atomic E-state index is -0.672. The number of rotatable bonds is 4. The predicted molar refractivity (Wildman–Crippen MR) is 69.2 cm³/mol. The summed E-state index contributed by atoms with van der Waals surface area (Å²) in [6.45, 7) is 1.85. The van der Waals surface area contributed by atoms with Crippen LogP contribution in [-0.2, 0) is 0 Å². The molecule has 0 radical (unpaired) electrons. The van der Waals surface area contributed by atoms with Crippen LogP contribution in [0.15, 0.2) is 40.0 Å². The van der Waals surface area contributed by atoms with Crippen molar-refractivity contribution in [2.24, 2.45) is 0 Å². The molecule has 1 aromatic carbocycles. The fraction of sp³-hybridized carbons (Fsp3) is 0.250. The van der Waals surface area contributed by atoms with Crippen molar-refractivity contribution >= 4 is 28.4 Å². The summed E-state index contributed by atoms with van der Waals surface area (Å²) in [5.41, 5.74) is 1.08. The minimum absolute atomic E-state index is 0.0978. The average molecular weight is 316 g/mol. The van der Waals surface area contributed by atoms with Gasteiger partial charge in [-0.05, 0) is 10.5 Å². The lowest BCUT2D eigenvalue weighted by molar-refractivity contribution is 0.0986. The van der Waals surface area contributed by atoms with Gasteiger partial charge < -0.3 is 5.11 Å². The predicted octanol–water partition coefficient (Wildman–Crippen LogP) is 2.96. The van der Waals surface area contributed by atoms with Crippen molar-refractivity contribution in [3.05, 3.63) is 45.6 Å². The maximum absolute atomic E-state index is 11.9. The van der Waals surface area contributed by atoms with Crippen LogP contribution in [0, 0.1) is 0 Å². The highest BCUT2D eigenvalue weighted by Crippen LogP contribution is 2.15. The number of aliphatic hydroxyl groups is 1. The van der Waals surface area contributed by atoms with Crippen LogP contribution in [0.3, 0.4) is 0 Å². The van der Waals surface area contributed by atoms with Crippen LogP contribution in [0.25, 0.3) is 0 Å². The van der Waals surface area contributed by atoms with Gasteiger partial charge in [0.15, 0.2) is 5.78 Å². The monoisotopic (exact) mass is 316 g/mol. The Morgan fingerprint density at radius 2 is 2.07 bits per heavy atom. The van der Waals surface area contributed by atoms with E-state index in [4.69, 9.17) is 0 Å². The standard InChI is InChI=1S/C12H13IO2/c1-2-11(14)10(8-13)12(15)9-6-4-3-5-7-9/h3-8,11,14H,2H2,1H3/b10-8-/t11-/m0/s1. The fourth-order valence-electron chi connectivity index (χ4n) is 1.25. The summed E-state index contributed by atoms with van der Waals surface area (Å²) in [5.74, 6) is -0.0978. The number of ketones is 1. The molecule has 0 saturated heterocycles. The van der Waals surface area contributed by atoms with Crippen molar-refractivity contribution in [2.75, 3.05) is 0 Å². The van der Waals surface area contributed by atoms with E-state index < -0.39 is 6.10 Å². The summed E-state index contributed by atoms with van der Waals surface area (Å²) >= 11 is 1.99. The first-order valence-electron chi connectivity index (χ1n) is 4.78. The molecule has 0 aromatic heterocycles. The number of benzene rings is 1. The molecule has 0 fully saturated rings. The lowest BCUT2D eigenvalue weighted by Gasteiger charge is -2.10. The van der Waals surface area contributed by atoms with Crippen LogP contribution in [0.4, 0.5) is 0 Å². The van der Waals surface area contributed by atoms with Crippen molar-refractivity contribution in [2.45, 2.75) is 19.4 Å². The molecule has 0 saturated carbocycles. The number of aliphatic hydroxyl groups excluding tert-OH is 1. The highest BCUT2D eigenvalue weighted by molar-refractivity contribution is 14.1. The maximum atomic E-state index is 11.9. The number of hydrogen-bond acceptors (Lipinski definition) is 2. The lowest BCUT2D eigenvalue weighted by atomic mass is 9.99. The molecular weight excluding hydrogens is 303 g/mol. The molecule has 3 heteroatoms. The molecule has 0 heterocycles. The highest BCUT2D eigenvalue weighted by atomic mass is 127. The Balaban J connectivity index is 2.94. The van der Waals surface area contributed by atoms with Crippen LogP contribution < -0.4 is 0 Å². The Labute approximate surface area is 103 Å². The number of carbonyl (C=O) groups excluding carboxylic acids is 1. The van der Waals surface area contributed by atoms with E-state index in [-0.39, 0.29) is 5.78 Å². The van der Waals surface area contributed by atoms with Crippen LogP contribution >= 0.6 is 22.6 Å². The first-order chi connectivity index (χ1) is 7.20. The normalized spacial score (nSPS) is 13.7. The van der Waals surface area contributed by atoms with Gasteiger partial charge in [-0.25, -0.2) is 0 Å². The van der Waals surface area contributed by atoms with Crippen molar-refractivity contribution < 1.29 is 9.90 Å². The molecule has 0 aliphatic rings. The second-order valence-corrected chi connectivity index (χ2v) is 3.81. The summed E-state index contributed by atoms with van der Waals surface area (Å²) in [5, 5.41) is 9.66. The van der Waals surface area contributed by atoms with Crippen molar-refractivity contribution in [3.8, 4) is 0 Å². The first kappa shape index (κ1) is 12.4. The van der Waals surface area contributed by atoms with Crippen LogP contribution in [0.5, 0.6) is 0 Å². The van der Waals surface area contributed by atoms with Gasteiger partial charge in [0, 0.05) is 11.1 Å². The zero-order valence-corrected chi connectivity index (χ0v) is 10.6. The Morgan fingerprint density at radius 1 is 1.47 bits per heavy atom. The molecule has 2 nitrogen and oxygen atoms in total. The molecule has 1 rings (SSSR count). The summed E-state index contributed by atoms with van der Waals surface area (Å²) < 4.78 is 1.65. The molecule has 1 atom stereocenters. The second-order valence-electron chi connectivity index (χ2n) is 3.18. The van der Waals surface area contributed by atoms with Gasteiger partial charge in [0.2, 0.25) is 0 Å². The summed E-state index contributed by atoms with van der Waals surface area (Å²) in [7, 11) is 0. The lowest BCUT2D eigenvalue weighted by Crippen LogP contribution is -2.16. The maximum Gasteiger partial charge on any atom is 0.192 e. The van der Waals surface area contributed by atoms with Gasteiger partial charge in [-0.3, -0.25) is 4.79 Å². The molecule has 15 heavy (non-hydrogen) atoms. The quantitative estimate of drug-likeness (QED) is 0.527. The van der Waals surface area contributed by atoms with Crippen molar-refractivity contribution in [1.29, 1.82) is 0 Å². The van der Waals surface area contributed by atoms with E-state index in [1.165, 1.54) is 0 Å². The summed E-state index contributed by atoms with van der Waals surface area (Å²) in [6, 6.07) is 9.00. The zero-order chi connectivity index (χ0) is 11.3. The van der Waals surface area contributed by atoms with Crippen LogP contribution in [0.1, 0.15) is 23.7 Å². The van der Waals surface area contributed by atoms with E-state index in [1.807, 2.05) is 47.7 Å². The Hall–Kier alpha value is -0.680. The second kappa shape index (κ2) is 6.02. The van der Waals surface area contributed by atoms with Crippen LogP contribution in [0.2, 0.25) is 0 Å². The molecule has 0 amide bonds. The van der Waals surface area contributed by atoms with Crippen molar-refractivity contribution in [3.63, 3.8) is 0 Å². The fourth-order valence-corrected chi connectivity index (χ4v) is 1.95. The van der Waals surface area contributed by atoms with Gasteiger partial charge >= 0.3 is 0 Å². The average Bonchev–Trinajstić information content (AvgIpc) is 2.30. The SMILES string of the molecule is CC[C@H](O)/C(=C/I)C(=O)c1ccccc1.